The number of nitrogens with zero attached hydrogens (tertiary/aromatic N) is 2. The Morgan fingerprint density at radius 3 is 2.70 bits per heavy atom. The number of hydrogen-bond donors (Lipinski definition) is 1. The number of hydrogen-bond acceptors (Lipinski definition) is 6. The molecule has 112 valence electrons. The van der Waals surface area contributed by atoms with Crippen molar-refractivity contribution in [3.63, 3.8) is 0 Å². The molecule has 0 spiro atoms. The third-order valence-electron chi connectivity index (χ3n) is 2.98. The first-order chi connectivity index (χ1) is 9.42. The van der Waals surface area contributed by atoms with Crippen LogP contribution in [0.2, 0.25) is 0 Å². The number of cyclic esters (lactones) is 1. The highest BCUT2D eigenvalue weighted by atomic mass is 32.2. The molecular formula is C11H17N3O5S. The average Bonchev–Trinajstić information content (AvgIpc) is 2.92. The molecule has 8 nitrogen and oxygen atoms in total. The van der Waals surface area contributed by atoms with Crippen LogP contribution in [0.15, 0.2) is 9.42 Å². The molecule has 1 aliphatic rings. The van der Waals surface area contributed by atoms with Gasteiger partial charge in [0.1, 0.15) is 17.2 Å². The van der Waals surface area contributed by atoms with Crippen LogP contribution in [0.25, 0.3) is 0 Å². The van der Waals surface area contributed by atoms with E-state index >= 15 is 0 Å². The molecule has 0 bridgehead atoms. The van der Waals surface area contributed by atoms with Crippen molar-refractivity contribution in [3.8, 4) is 0 Å². The lowest BCUT2D eigenvalue weighted by atomic mass is 10.4. The molecule has 1 aromatic heterocycles. The average molecular weight is 303 g/mol. The predicted molar refractivity (Wildman–Crippen MR) is 68.7 cm³/mol. The van der Waals surface area contributed by atoms with Gasteiger partial charge < -0.3 is 14.2 Å². The summed E-state index contributed by atoms with van der Waals surface area (Å²) in [5, 5.41) is 3.62. The minimum atomic E-state index is -3.63. The number of carbonyl (C=O) groups excluding carboxylic acids is 1. The highest BCUT2D eigenvalue weighted by molar-refractivity contribution is 7.89. The van der Waals surface area contributed by atoms with Crippen LogP contribution in [0.4, 0.5) is 4.79 Å². The molecule has 1 fully saturated rings. The number of ether oxygens (including phenoxy) is 1. The van der Waals surface area contributed by atoms with Gasteiger partial charge in [-0.15, -0.1) is 0 Å². The van der Waals surface area contributed by atoms with Gasteiger partial charge in [-0.25, -0.2) is 17.9 Å². The minimum Gasteiger partial charge on any atom is -0.448 e. The first-order valence-corrected chi connectivity index (χ1v) is 7.74. The van der Waals surface area contributed by atoms with E-state index in [4.69, 9.17) is 9.26 Å². The van der Waals surface area contributed by atoms with Crippen LogP contribution in [0.3, 0.4) is 0 Å². The van der Waals surface area contributed by atoms with E-state index in [2.05, 4.69) is 9.88 Å². The van der Waals surface area contributed by atoms with Crippen LogP contribution in [0, 0.1) is 13.8 Å². The van der Waals surface area contributed by atoms with Crippen LogP contribution in [-0.4, -0.2) is 50.8 Å². The third-order valence-corrected chi connectivity index (χ3v) is 4.68. The molecular weight excluding hydrogens is 286 g/mol. The third kappa shape index (κ3) is 3.10. The number of aromatic nitrogens is 1. The zero-order valence-corrected chi connectivity index (χ0v) is 12.2. The Labute approximate surface area is 117 Å². The van der Waals surface area contributed by atoms with Crippen molar-refractivity contribution < 1.29 is 22.5 Å². The van der Waals surface area contributed by atoms with Crippen molar-refractivity contribution >= 4 is 16.1 Å². The Morgan fingerprint density at radius 2 is 2.15 bits per heavy atom. The van der Waals surface area contributed by atoms with Crippen molar-refractivity contribution in [2.45, 2.75) is 25.2 Å². The van der Waals surface area contributed by atoms with Crippen molar-refractivity contribution in [1.29, 1.82) is 0 Å². The van der Waals surface area contributed by atoms with E-state index < -0.39 is 10.0 Å². The highest BCUT2D eigenvalue weighted by Crippen LogP contribution is 2.18. The Morgan fingerprint density at radius 1 is 1.40 bits per heavy atom. The SMILES string of the molecule is Cc1noc(C)c1S(=O)(=O)NCCCN1CCOC1=O. The Bertz CT molecular complexity index is 576. The van der Waals surface area contributed by atoms with E-state index in [9.17, 15) is 13.2 Å². The van der Waals surface area contributed by atoms with Crippen LogP contribution >= 0.6 is 0 Å². The molecule has 1 amide bonds. The van der Waals surface area contributed by atoms with Gasteiger partial charge in [-0.1, -0.05) is 5.16 Å². The van der Waals surface area contributed by atoms with E-state index in [0.29, 0.717) is 31.8 Å². The van der Waals surface area contributed by atoms with Gasteiger partial charge in [-0.05, 0) is 20.3 Å². The van der Waals surface area contributed by atoms with E-state index in [1.165, 1.54) is 0 Å². The summed E-state index contributed by atoms with van der Waals surface area (Å²) in [6, 6.07) is 0. The van der Waals surface area contributed by atoms with Crippen LogP contribution in [0.5, 0.6) is 0 Å². The second kappa shape index (κ2) is 5.80. The standard InChI is InChI=1S/C11H17N3O5S/c1-8-10(9(2)19-13-8)20(16,17)12-4-3-5-14-6-7-18-11(14)15/h12H,3-7H2,1-2H3. The van der Waals surface area contributed by atoms with Crippen molar-refractivity contribution in [3.05, 3.63) is 11.5 Å². The molecule has 1 aromatic rings. The van der Waals surface area contributed by atoms with Crippen molar-refractivity contribution in [2.24, 2.45) is 0 Å². The number of rotatable bonds is 6. The molecule has 0 radical (unpaired) electrons. The van der Waals surface area contributed by atoms with Gasteiger partial charge >= 0.3 is 6.09 Å². The monoisotopic (exact) mass is 303 g/mol. The number of sulfonamides is 1. The van der Waals surface area contributed by atoms with Gasteiger partial charge in [-0.3, -0.25) is 0 Å². The van der Waals surface area contributed by atoms with Gasteiger partial charge in [0, 0.05) is 13.1 Å². The van der Waals surface area contributed by atoms with Gasteiger partial charge in [-0.2, -0.15) is 0 Å². The Hall–Kier alpha value is -1.61. The number of carbonyl (C=O) groups is 1. The first kappa shape index (κ1) is 14.8. The molecule has 1 N–H and O–H groups in total. The Balaban J connectivity index is 1.86. The summed E-state index contributed by atoms with van der Waals surface area (Å²) < 4.78 is 36.3. The quantitative estimate of drug-likeness (QED) is 0.764. The Kier molecular flexibility index (Phi) is 4.29. The molecule has 0 atom stereocenters. The van der Waals surface area contributed by atoms with E-state index in [1.807, 2.05) is 0 Å². The summed E-state index contributed by atoms with van der Waals surface area (Å²) in [6.45, 7) is 4.76. The maximum Gasteiger partial charge on any atom is 0.409 e. The molecule has 20 heavy (non-hydrogen) atoms. The summed E-state index contributed by atoms with van der Waals surface area (Å²) in [5.41, 5.74) is 0.332. The van der Waals surface area contributed by atoms with Crippen LogP contribution in [-0.2, 0) is 14.8 Å². The van der Waals surface area contributed by atoms with Crippen LogP contribution < -0.4 is 4.72 Å². The van der Waals surface area contributed by atoms with Gasteiger partial charge in [0.25, 0.3) is 0 Å². The summed E-state index contributed by atoms with van der Waals surface area (Å²) >= 11 is 0. The lowest BCUT2D eigenvalue weighted by Gasteiger charge is -2.12. The molecule has 2 heterocycles. The zero-order chi connectivity index (χ0) is 14.8. The van der Waals surface area contributed by atoms with Crippen LogP contribution in [0.1, 0.15) is 17.9 Å². The van der Waals surface area contributed by atoms with Gasteiger partial charge in [0.2, 0.25) is 10.0 Å². The predicted octanol–water partition coefficient (Wildman–Crippen LogP) is 0.412. The topological polar surface area (TPSA) is 102 Å². The molecule has 9 heteroatoms. The zero-order valence-electron chi connectivity index (χ0n) is 11.4. The fraction of sp³-hybridized carbons (Fsp3) is 0.636. The number of nitrogens with one attached hydrogen (secondary N) is 1. The second-order valence-electron chi connectivity index (χ2n) is 4.51. The summed E-state index contributed by atoms with van der Waals surface area (Å²) in [5.74, 6) is 0.262. The maximum absolute atomic E-state index is 12.1. The van der Waals surface area contributed by atoms with Crippen molar-refractivity contribution in [2.75, 3.05) is 26.2 Å². The second-order valence-corrected chi connectivity index (χ2v) is 6.21. The number of amides is 1. The smallest absolute Gasteiger partial charge is 0.409 e. The minimum absolute atomic E-state index is 0.0816. The molecule has 0 aromatic carbocycles. The molecule has 0 aliphatic carbocycles. The highest BCUT2D eigenvalue weighted by Gasteiger charge is 2.24. The molecule has 1 saturated heterocycles. The fourth-order valence-corrected chi connectivity index (χ4v) is 3.43. The largest absolute Gasteiger partial charge is 0.448 e. The number of aryl methyl sites for hydroxylation is 2. The van der Waals surface area contributed by atoms with E-state index in [1.54, 1.807) is 18.7 Å². The molecule has 1 aliphatic heterocycles. The summed E-state index contributed by atoms with van der Waals surface area (Å²) in [7, 11) is -3.63. The summed E-state index contributed by atoms with van der Waals surface area (Å²) in [4.78, 5) is 12.8. The fourth-order valence-electron chi connectivity index (χ4n) is 2.04. The van der Waals surface area contributed by atoms with Gasteiger partial charge in [0.15, 0.2) is 5.76 Å². The lowest BCUT2D eigenvalue weighted by molar-refractivity contribution is 0.158. The summed E-state index contributed by atoms with van der Waals surface area (Å²) in [6.07, 6.45) is 0.163. The molecule has 2 rings (SSSR count). The van der Waals surface area contributed by atoms with Crippen molar-refractivity contribution in [1.82, 2.24) is 14.8 Å². The first-order valence-electron chi connectivity index (χ1n) is 6.26. The van der Waals surface area contributed by atoms with Gasteiger partial charge in [0.05, 0.1) is 6.54 Å². The normalized spacial score (nSPS) is 15.7. The maximum atomic E-state index is 12.1. The lowest BCUT2D eigenvalue weighted by Crippen LogP contribution is -2.30. The van der Waals surface area contributed by atoms with E-state index in [0.717, 1.165) is 0 Å². The molecule has 0 unspecified atom stereocenters. The molecule has 0 saturated carbocycles. The van der Waals surface area contributed by atoms with E-state index in [-0.39, 0.29) is 23.3 Å².